The molecule has 2 unspecified atom stereocenters. The molecule has 66 valence electrons. The molecule has 1 aromatic rings. The second-order valence-electron chi connectivity index (χ2n) is 4.16. The van der Waals surface area contributed by atoms with Crippen LogP contribution >= 0.6 is 11.5 Å². The van der Waals surface area contributed by atoms with Gasteiger partial charge < -0.3 is 5.11 Å². The summed E-state index contributed by atoms with van der Waals surface area (Å²) in [6.07, 6.45) is 2.59. The molecule has 1 aromatic heterocycles. The molecule has 0 bridgehead atoms. The van der Waals surface area contributed by atoms with Crippen LogP contribution in [0.1, 0.15) is 31.2 Å². The normalized spacial score (nSPS) is 28.4. The van der Waals surface area contributed by atoms with Crippen molar-refractivity contribution in [1.82, 2.24) is 4.37 Å². The molecule has 0 saturated heterocycles. The lowest BCUT2D eigenvalue weighted by atomic mass is 10.1. The van der Waals surface area contributed by atoms with Crippen molar-refractivity contribution in [3.8, 4) is 0 Å². The molecule has 2 atom stereocenters. The van der Waals surface area contributed by atoms with Gasteiger partial charge in [0.15, 0.2) is 0 Å². The van der Waals surface area contributed by atoms with Gasteiger partial charge in [-0.3, -0.25) is 0 Å². The van der Waals surface area contributed by atoms with E-state index >= 15 is 0 Å². The van der Waals surface area contributed by atoms with E-state index in [9.17, 15) is 5.11 Å². The summed E-state index contributed by atoms with van der Waals surface area (Å²) < 4.78 is 3.98. The molecule has 0 radical (unpaired) electrons. The lowest BCUT2D eigenvalue weighted by molar-refractivity contribution is 0.142. The smallest absolute Gasteiger partial charge is 0.0931 e. The van der Waals surface area contributed by atoms with Crippen molar-refractivity contribution in [3.63, 3.8) is 0 Å². The Kier molecular flexibility index (Phi) is 1.73. The number of aromatic nitrogens is 1. The predicted molar refractivity (Wildman–Crippen MR) is 49.0 cm³/mol. The maximum atomic E-state index is 9.86. The molecule has 1 fully saturated rings. The molecular weight excluding hydrogens is 170 g/mol. The van der Waals surface area contributed by atoms with Crippen LogP contribution in [0.5, 0.6) is 0 Å². The van der Waals surface area contributed by atoms with E-state index in [1.54, 1.807) is 6.20 Å². The Morgan fingerprint density at radius 3 is 2.83 bits per heavy atom. The molecule has 1 N–H and O–H groups in total. The Labute approximate surface area is 76.4 Å². The summed E-state index contributed by atoms with van der Waals surface area (Å²) in [5.41, 5.74) is 0.337. The van der Waals surface area contributed by atoms with E-state index in [4.69, 9.17) is 0 Å². The van der Waals surface area contributed by atoms with Crippen LogP contribution in [0.4, 0.5) is 0 Å². The third-order valence-electron chi connectivity index (χ3n) is 2.72. The Morgan fingerprint density at radius 1 is 1.75 bits per heavy atom. The maximum absolute atomic E-state index is 9.86. The Bertz CT molecular complexity index is 268. The van der Waals surface area contributed by atoms with Crippen molar-refractivity contribution in [1.29, 1.82) is 0 Å². The SMILES string of the molecule is CC1(C)CC1C(O)c1ccns1. The monoisotopic (exact) mass is 183 g/mol. The summed E-state index contributed by atoms with van der Waals surface area (Å²) in [6, 6.07) is 1.91. The summed E-state index contributed by atoms with van der Waals surface area (Å²) in [5.74, 6) is 0.443. The molecule has 1 aliphatic carbocycles. The van der Waals surface area contributed by atoms with Gasteiger partial charge in [0, 0.05) is 6.20 Å². The lowest BCUT2D eigenvalue weighted by Gasteiger charge is -2.08. The average molecular weight is 183 g/mol. The Morgan fingerprint density at radius 2 is 2.42 bits per heavy atom. The fourth-order valence-electron chi connectivity index (χ4n) is 1.62. The maximum Gasteiger partial charge on any atom is 0.0931 e. The van der Waals surface area contributed by atoms with E-state index in [2.05, 4.69) is 18.2 Å². The van der Waals surface area contributed by atoms with Gasteiger partial charge in [0.1, 0.15) is 0 Å². The van der Waals surface area contributed by atoms with E-state index in [1.807, 2.05) is 6.07 Å². The van der Waals surface area contributed by atoms with Crippen LogP contribution in [0.3, 0.4) is 0 Å². The number of aliphatic hydroxyl groups is 1. The van der Waals surface area contributed by atoms with Gasteiger partial charge in [-0.1, -0.05) is 13.8 Å². The molecule has 1 heterocycles. The van der Waals surface area contributed by atoms with E-state index in [0.29, 0.717) is 11.3 Å². The zero-order valence-electron chi connectivity index (χ0n) is 7.32. The van der Waals surface area contributed by atoms with Crippen LogP contribution in [-0.4, -0.2) is 9.48 Å². The van der Waals surface area contributed by atoms with Crippen LogP contribution in [0.25, 0.3) is 0 Å². The standard InChI is InChI=1S/C9H13NOS/c1-9(2)5-6(9)8(11)7-3-4-10-12-7/h3-4,6,8,11H,5H2,1-2H3. The first-order valence-corrected chi connectivity index (χ1v) is 4.97. The number of aliphatic hydroxyl groups excluding tert-OH is 1. The van der Waals surface area contributed by atoms with E-state index in [0.717, 1.165) is 11.3 Å². The minimum absolute atomic E-state index is 0.285. The lowest BCUT2D eigenvalue weighted by Crippen LogP contribution is -2.02. The van der Waals surface area contributed by atoms with Gasteiger partial charge >= 0.3 is 0 Å². The summed E-state index contributed by atoms with van der Waals surface area (Å²) in [6.45, 7) is 4.39. The second kappa shape index (κ2) is 2.54. The summed E-state index contributed by atoms with van der Waals surface area (Å²) in [7, 11) is 0. The number of rotatable bonds is 2. The molecule has 2 rings (SSSR count). The fourth-order valence-corrected chi connectivity index (χ4v) is 2.26. The first-order chi connectivity index (χ1) is 5.61. The minimum Gasteiger partial charge on any atom is -0.387 e. The molecule has 0 spiro atoms. The van der Waals surface area contributed by atoms with Crippen molar-refractivity contribution in [3.05, 3.63) is 17.1 Å². The highest BCUT2D eigenvalue weighted by atomic mass is 32.1. The molecule has 12 heavy (non-hydrogen) atoms. The van der Waals surface area contributed by atoms with Crippen LogP contribution in [-0.2, 0) is 0 Å². The highest BCUT2D eigenvalue weighted by Crippen LogP contribution is 2.57. The van der Waals surface area contributed by atoms with Crippen molar-refractivity contribution in [2.75, 3.05) is 0 Å². The van der Waals surface area contributed by atoms with Gasteiger partial charge in [-0.25, -0.2) is 4.37 Å². The quantitative estimate of drug-likeness (QED) is 0.762. The summed E-state index contributed by atoms with van der Waals surface area (Å²) in [5, 5.41) is 9.86. The molecule has 0 aromatic carbocycles. The Hall–Kier alpha value is -0.410. The molecule has 2 nitrogen and oxygen atoms in total. The number of hydrogen-bond acceptors (Lipinski definition) is 3. The fraction of sp³-hybridized carbons (Fsp3) is 0.667. The summed E-state index contributed by atoms with van der Waals surface area (Å²) in [4.78, 5) is 1.01. The number of nitrogens with zero attached hydrogens (tertiary/aromatic N) is 1. The van der Waals surface area contributed by atoms with Crippen LogP contribution in [0, 0.1) is 11.3 Å². The van der Waals surface area contributed by atoms with Gasteiger partial charge in [0.25, 0.3) is 0 Å². The average Bonchev–Trinajstić information content (AvgIpc) is 2.56. The highest BCUT2D eigenvalue weighted by Gasteiger charge is 2.50. The van der Waals surface area contributed by atoms with Crippen molar-refractivity contribution >= 4 is 11.5 Å². The largest absolute Gasteiger partial charge is 0.387 e. The zero-order chi connectivity index (χ0) is 8.77. The van der Waals surface area contributed by atoms with Gasteiger partial charge in [-0.05, 0) is 35.4 Å². The first-order valence-electron chi connectivity index (χ1n) is 4.20. The second-order valence-corrected chi connectivity index (χ2v) is 5.02. The van der Waals surface area contributed by atoms with E-state index in [-0.39, 0.29) is 6.10 Å². The van der Waals surface area contributed by atoms with Gasteiger partial charge in [0.05, 0.1) is 11.0 Å². The third-order valence-corrected chi connectivity index (χ3v) is 3.54. The molecule has 1 saturated carbocycles. The molecular formula is C9H13NOS. The van der Waals surface area contributed by atoms with Crippen molar-refractivity contribution in [2.24, 2.45) is 11.3 Å². The molecule has 0 aliphatic heterocycles. The van der Waals surface area contributed by atoms with E-state index in [1.165, 1.54) is 11.5 Å². The van der Waals surface area contributed by atoms with Crippen LogP contribution in [0.15, 0.2) is 12.3 Å². The van der Waals surface area contributed by atoms with Crippen LogP contribution < -0.4 is 0 Å². The molecule has 0 amide bonds. The number of hydrogen-bond donors (Lipinski definition) is 1. The van der Waals surface area contributed by atoms with E-state index < -0.39 is 0 Å². The van der Waals surface area contributed by atoms with Crippen molar-refractivity contribution in [2.45, 2.75) is 26.4 Å². The minimum atomic E-state index is -0.285. The Balaban J connectivity index is 2.08. The topological polar surface area (TPSA) is 33.1 Å². The molecule has 1 aliphatic rings. The predicted octanol–water partition coefficient (Wildman–Crippen LogP) is 2.22. The van der Waals surface area contributed by atoms with Crippen molar-refractivity contribution < 1.29 is 5.11 Å². The highest BCUT2D eigenvalue weighted by molar-refractivity contribution is 7.05. The van der Waals surface area contributed by atoms with Gasteiger partial charge in [0.2, 0.25) is 0 Å². The van der Waals surface area contributed by atoms with Crippen LogP contribution in [0.2, 0.25) is 0 Å². The van der Waals surface area contributed by atoms with Gasteiger partial charge in [-0.2, -0.15) is 0 Å². The molecule has 3 heteroatoms. The van der Waals surface area contributed by atoms with Gasteiger partial charge in [-0.15, -0.1) is 0 Å². The zero-order valence-corrected chi connectivity index (χ0v) is 8.14. The summed E-state index contributed by atoms with van der Waals surface area (Å²) >= 11 is 1.40. The first kappa shape index (κ1) is 8.20. The third kappa shape index (κ3) is 1.27.